The Morgan fingerprint density at radius 2 is 1.80 bits per heavy atom. The molecule has 0 fully saturated rings. The van der Waals surface area contributed by atoms with E-state index in [9.17, 15) is 18.0 Å². The van der Waals surface area contributed by atoms with Crippen molar-refractivity contribution in [2.45, 2.75) is 6.18 Å². The number of alkyl halides is 4. The molecule has 0 spiro atoms. The highest BCUT2D eigenvalue weighted by molar-refractivity contribution is 6.17. The van der Waals surface area contributed by atoms with Crippen LogP contribution < -0.4 is 5.32 Å². The molecule has 1 rings (SSSR count). The smallest absolute Gasteiger partial charge is 0.416 e. The van der Waals surface area contributed by atoms with Crippen LogP contribution in [0.3, 0.4) is 0 Å². The quantitative estimate of drug-likeness (QED) is 0.646. The molecule has 0 saturated heterocycles. The SMILES string of the molecule is O=C(Nc1ccc(C(F)(F)F)cc1)OCCOCCCl. The molecule has 0 aromatic heterocycles. The van der Waals surface area contributed by atoms with Crippen molar-refractivity contribution in [3.8, 4) is 0 Å². The Morgan fingerprint density at radius 1 is 1.15 bits per heavy atom. The van der Waals surface area contributed by atoms with Crippen LogP contribution in [0.2, 0.25) is 0 Å². The van der Waals surface area contributed by atoms with Crippen molar-refractivity contribution in [1.29, 1.82) is 0 Å². The number of nitrogens with one attached hydrogen (secondary N) is 1. The van der Waals surface area contributed by atoms with Crippen LogP contribution in [0, 0.1) is 0 Å². The molecule has 0 aliphatic rings. The van der Waals surface area contributed by atoms with Crippen LogP contribution in [0.15, 0.2) is 24.3 Å². The lowest BCUT2D eigenvalue weighted by molar-refractivity contribution is -0.137. The molecule has 0 radical (unpaired) electrons. The van der Waals surface area contributed by atoms with Crippen molar-refractivity contribution in [2.24, 2.45) is 0 Å². The molecule has 1 aromatic carbocycles. The maximum Gasteiger partial charge on any atom is 0.416 e. The maximum atomic E-state index is 12.3. The second-order valence-electron chi connectivity index (χ2n) is 3.64. The zero-order chi connectivity index (χ0) is 15.0. The number of rotatable bonds is 6. The molecule has 1 aromatic rings. The third-order valence-corrected chi connectivity index (χ3v) is 2.30. The number of amides is 1. The van der Waals surface area contributed by atoms with Gasteiger partial charge in [0.05, 0.1) is 18.8 Å². The van der Waals surface area contributed by atoms with Crippen molar-refractivity contribution in [3.63, 3.8) is 0 Å². The Hall–Kier alpha value is -1.47. The van der Waals surface area contributed by atoms with Crippen LogP contribution in [-0.2, 0) is 15.7 Å². The third kappa shape index (κ3) is 6.12. The highest BCUT2D eigenvalue weighted by atomic mass is 35.5. The summed E-state index contributed by atoms with van der Waals surface area (Å²) in [5.41, 5.74) is -0.574. The number of hydrogen-bond acceptors (Lipinski definition) is 3. The third-order valence-electron chi connectivity index (χ3n) is 2.14. The summed E-state index contributed by atoms with van der Waals surface area (Å²) in [7, 11) is 0. The van der Waals surface area contributed by atoms with Gasteiger partial charge in [-0.25, -0.2) is 4.79 Å². The normalized spacial score (nSPS) is 11.2. The van der Waals surface area contributed by atoms with Gasteiger partial charge in [0.1, 0.15) is 6.61 Å². The number of hydrogen-bond donors (Lipinski definition) is 1. The number of ether oxygens (including phenoxy) is 2. The van der Waals surface area contributed by atoms with E-state index in [1.807, 2.05) is 0 Å². The minimum absolute atomic E-state index is 0.0311. The summed E-state index contributed by atoms with van der Waals surface area (Å²) in [6.07, 6.45) is -5.17. The lowest BCUT2D eigenvalue weighted by atomic mass is 10.2. The first-order chi connectivity index (χ1) is 9.43. The van der Waals surface area contributed by atoms with E-state index in [-0.39, 0.29) is 18.9 Å². The van der Waals surface area contributed by atoms with Gasteiger partial charge in [-0.3, -0.25) is 5.32 Å². The Kier molecular flexibility index (Phi) is 6.60. The number of carbonyl (C=O) groups excluding carboxylic acids is 1. The molecule has 0 heterocycles. The molecule has 20 heavy (non-hydrogen) atoms. The van der Waals surface area contributed by atoms with Crippen molar-refractivity contribution in [1.82, 2.24) is 0 Å². The first-order valence-electron chi connectivity index (χ1n) is 5.68. The monoisotopic (exact) mass is 311 g/mol. The van der Waals surface area contributed by atoms with E-state index in [0.29, 0.717) is 12.5 Å². The van der Waals surface area contributed by atoms with Gasteiger partial charge in [0.2, 0.25) is 0 Å². The van der Waals surface area contributed by atoms with Crippen molar-refractivity contribution in [2.75, 3.05) is 31.0 Å². The number of anilines is 1. The molecule has 0 saturated carbocycles. The van der Waals surface area contributed by atoms with E-state index in [0.717, 1.165) is 24.3 Å². The molecule has 1 amide bonds. The topological polar surface area (TPSA) is 47.6 Å². The minimum atomic E-state index is -4.40. The van der Waals surface area contributed by atoms with Crippen molar-refractivity contribution in [3.05, 3.63) is 29.8 Å². The largest absolute Gasteiger partial charge is 0.447 e. The Morgan fingerprint density at radius 3 is 2.35 bits per heavy atom. The van der Waals surface area contributed by atoms with E-state index >= 15 is 0 Å². The highest BCUT2D eigenvalue weighted by Crippen LogP contribution is 2.29. The summed E-state index contributed by atoms with van der Waals surface area (Å²) >= 11 is 5.37. The summed E-state index contributed by atoms with van der Waals surface area (Å²) in [6, 6.07) is 4.04. The average Bonchev–Trinajstić information content (AvgIpc) is 2.38. The molecule has 8 heteroatoms. The van der Waals surface area contributed by atoms with E-state index in [2.05, 4.69) is 5.32 Å². The van der Waals surface area contributed by atoms with Crippen molar-refractivity contribution >= 4 is 23.4 Å². The zero-order valence-electron chi connectivity index (χ0n) is 10.4. The summed E-state index contributed by atoms with van der Waals surface area (Å²) in [4.78, 5) is 11.3. The van der Waals surface area contributed by atoms with Crippen LogP contribution >= 0.6 is 11.6 Å². The second kappa shape index (κ2) is 7.96. The second-order valence-corrected chi connectivity index (χ2v) is 4.02. The van der Waals surface area contributed by atoms with Gasteiger partial charge in [-0.1, -0.05) is 0 Å². The van der Waals surface area contributed by atoms with Crippen LogP contribution in [0.1, 0.15) is 5.56 Å². The van der Waals surface area contributed by atoms with Gasteiger partial charge >= 0.3 is 12.3 Å². The van der Waals surface area contributed by atoms with Crippen LogP contribution in [0.4, 0.5) is 23.7 Å². The molecule has 0 unspecified atom stereocenters. The van der Waals surface area contributed by atoms with E-state index < -0.39 is 17.8 Å². The van der Waals surface area contributed by atoms with Gasteiger partial charge in [0, 0.05) is 11.6 Å². The van der Waals surface area contributed by atoms with Gasteiger partial charge < -0.3 is 9.47 Å². The lowest BCUT2D eigenvalue weighted by Gasteiger charge is -2.09. The van der Waals surface area contributed by atoms with E-state index in [4.69, 9.17) is 21.1 Å². The highest BCUT2D eigenvalue weighted by Gasteiger charge is 2.29. The molecule has 0 aliphatic carbocycles. The molecule has 112 valence electrons. The predicted molar refractivity (Wildman–Crippen MR) is 68.0 cm³/mol. The standard InChI is InChI=1S/C12H13ClF3NO3/c13-5-6-19-7-8-20-11(18)17-10-3-1-9(2-4-10)12(14,15)16/h1-4H,5-8H2,(H,17,18). The predicted octanol–water partition coefficient (Wildman–Crippen LogP) is 3.51. The first-order valence-corrected chi connectivity index (χ1v) is 6.21. The molecule has 1 N–H and O–H groups in total. The van der Waals surface area contributed by atoms with Gasteiger partial charge in [-0.05, 0) is 24.3 Å². The summed E-state index contributed by atoms with van der Waals surface area (Å²) in [5.74, 6) is 0.345. The fourth-order valence-electron chi connectivity index (χ4n) is 1.25. The zero-order valence-corrected chi connectivity index (χ0v) is 11.1. The van der Waals surface area contributed by atoms with E-state index in [1.165, 1.54) is 0 Å². The minimum Gasteiger partial charge on any atom is -0.447 e. The van der Waals surface area contributed by atoms with Gasteiger partial charge in [-0.15, -0.1) is 11.6 Å². The van der Waals surface area contributed by atoms with E-state index in [1.54, 1.807) is 0 Å². The van der Waals surface area contributed by atoms with Crippen molar-refractivity contribution < 1.29 is 27.4 Å². The molecule has 0 bridgehead atoms. The van der Waals surface area contributed by atoms with Gasteiger partial charge in [0.15, 0.2) is 0 Å². The molecular formula is C12H13ClF3NO3. The molecule has 0 aliphatic heterocycles. The maximum absolute atomic E-state index is 12.3. The first kappa shape index (κ1) is 16.6. The van der Waals surface area contributed by atoms with Crippen LogP contribution in [0.5, 0.6) is 0 Å². The van der Waals surface area contributed by atoms with Crippen LogP contribution in [0.25, 0.3) is 0 Å². The summed E-state index contributed by atoms with van der Waals surface area (Å²) in [5, 5.41) is 2.30. The summed E-state index contributed by atoms with van der Waals surface area (Å²) in [6.45, 7) is 0.585. The molecular weight excluding hydrogens is 299 g/mol. The Bertz CT molecular complexity index is 423. The molecule has 4 nitrogen and oxygen atoms in total. The number of carbonyl (C=O) groups is 1. The Labute approximate surface area is 118 Å². The number of halogens is 4. The van der Waals surface area contributed by atoms with Crippen LogP contribution in [-0.4, -0.2) is 31.8 Å². The van der Waals surface area contributed by atoms with Gasteiger partial charge in [0.25, 0.3) is 0 Å². The molecule has 0 atom stereocenters. The number of benzene rings is 1. The fourth-order valence-corrected chi connectivity index (χ4v) is 1.36. The summed E-state index contributed by atoms with van der Waals surface area (Å²) < 4.78 is 46.7. The fraction of sp³-hybridized carbons (Fsp3) is 0.417. The average molecular weight is 312 g/mol. The van der Waals surface area contributed by atoms with Gasteiger partial charge in [-0.2, -0.15) is 13.2 Å². The lowest BCUT2D eigenvalue weighted by Crippen LogP contribution is -2.17. The Balaban J connectivity index is 2.35.